The zero-order chi connectivity index (χ0) is 13.8. The maximum absolute atomic E-state index is 13.8. The van der Waals surface area contributed by atoms with Crippen LogP contribution in [0.1, 0.15) is 29.7 Å². The minimum Gasteiger partial charge on any atom is -0.494 e. The van der Waals surface area contributed by atoms with Crippen molar-refractivity contribution in [1.82, 2.24) is 0 Å². The number of ether oxygens (including phenoxy) is 1. The Morgan fingerprint density at radius 3 is 2.42 bits per heavy atom. The SMILES string of the molecule is CCOc1ccc(C(O)c2ccc(C)cc2F)cc1. The summed E-state index contributed by atoms with van der Waals surface area (Å²) in [4.78, 5) is 0. The van der Waals surface area contributed by atoms with E-state index in [0.717, 1.165) is 11.3 Å². The molecule has 1 unspecified atom stereocenters. The molecule has 0 aliphatic heterocycles. The van der Waals surface area contributed by atoms with E-state index in [1.54, 1.807) is 36.4 Å². The van der Waals surface area contributed by atoms with Crippen molar-refractivity contribution in [3.8, 4) is 5.75 Å². The van der Waals surface area contributed by atoms with E-state index < -0.39 is 6.10 Å². The van der Waals surface area contributed by atoms with Gasteiger partial charge in [0.15, 0.2) is 0 Å². The van der Waals surface area contributed by atoms with E-state index in [1.807, 2.05) is 13.8 Å². The van der Waals surface area contributed by atoms with Crippen LogP contribution in [0.15, 0.2) is 42.5 Å². The van der Waals surface area contributed by atoms with Crippen molar-refractivity contribution in [2.24, 2.45) is 0 Å². The summed E-state index contributed by atoms with van der Waals surface area (Å²) in [5.74, 6) is 0.351. The zero-order valence-electron chi connectivity index (χ0n) is 11.1. The number of rotatable bonds is 4. The molecule has 1 N–H and O–H groups in total. The van der Waals surface area contributed by atoms with Crippen LogP contribution in [0.25, 0.3) is 0 Å². The molecule has 0 amide bonds. The van der Waals surface area contributed by atoms with Crippen molar-refractivity contribution < 1.29 is 14.2 Å². The summed E-state index contributed by atoms with van der Waals surface area (Å²) in [7, 11) is 0. The summed E-state index contributed by atoms with van der Waals surface area (Å²) in [5.41, 5.74) is 1.76. The second-order valence-electron chi connectivity index (χ2n) is 4.43. The van der Waals surface area contributed by atoms with Gasteiger partial charge in [-0.3, -0.25) is 0 Å². The van der Waals surface area contributed by atoms with E-state index >= 15 is 0 Å². The molecular formula is C16H17FO2. The van der Waals surface area contributed by atoms with Crippen LogP contribution < -0.4 is 4.74 Å². The lowest BCUT2D eigenvalue weighted by Crippen LogP contribution is -2.03. The summed E-state index contributed by atoms with van der Waals surface area (Å²) in [6.45, 7) is 4.31. The molecule has 2 nitrogen and oxygen atoms in total. The van der Waals surface area contributed by atoms with Crippen LogP contribution in [0.5, 0.6) is 5.75 Å². The molecule has 0 saturated carbocycles. The Balaban J connectivity index is 2.25. The first-order chi connectivity index (χ1) is 9.11. The minimum absolute atomic E-state index is 0.287. The Bertz CT molecular complexity index is 549. The quantitative estimate of drug-likeness (QED) is 0.909. The summed E-state index contributed by atoms with van der Waals surface area (Å²) >= 11 is 0. The van der Waals surface area contributed by atoms with Crippen molar-refractivity contribution in [2.75, 3.05) is 6.61 Å². The van der Waals surface area contributed by atoms with Crippen LogP contribution in [0.4, 0.5) is 4.39 Å². The van der Waals surface area contributed by atoms with Crippen molar-refractivity contribution >= 4 is 0 Å². The van der Waals surface area contributed by atoms with Gasteiger partial charge in [0.2, 0.25) is 0 Å². The molecule has 0 radical (unpaired) electrons. The molecule has 2 aromatic rings. The highest BCUT2D eigenvalue weighted by atomic mass is 19.1. The summed E-state index contributed by atoms with van der Waals surface area (Å²) in [5, 5.41) is 10.2. The molecule has 0 fully saturated rings. The number of hydrogen-bond donors (Lipinski definition) is 1. The van der Waals surface area contributed by atoms with E-state index in [1.165, 1.54) is 6.07 Å². The molecule has 100 valence electrons. The van der Waals surface area contributed by atoms with Gasteiger partial charge < -0.3 is 9.84 Å². The summed E-state index contributed by atoms with van der Waals surface area (Å²) in [6.07, 6.45) is -0.962. The fourth-order valence-corrected chi connectivity index (χ4v) is 1.95. The van der Waals surface area contributed by atoms with Gasteiger partial charge in [-0.15, -0.1) is 0 Å². The summed E-state index contributed by atoms with van der Waals surface area (Å²) in [6, 6.07) is 11.9. The Kier molecular flexibility index (Phi) is 4.17. The lowest BCUT2D eigenvalue weighted by molar-refractivity contribution is 0.215. The fraction of sp³-hybridized carbons (Fsp3) is 0.250. The standard InChI is InChI=1S/C16H17FO2/c1-3-19-13-7-5-12(6-8-13)16(18)14-9-4-11(2)10-15(14)17/h4-10,16,18H,3H2,1-2H3. The Morgan fingerprint density at radius 2 is 1.84 bits per heavy atom. The van der Waals surface area contributed by atoms with Gasteiger partial charge >= 0.3 is 0 Å². The molecule has 0 saturated heterocycles. The number of hydrogen-bond acceptors (Lipinski definition) is 2. The molecule has 19 heavy (non-hydrogen) atoms. The third-order valence-electron chi connectivity index (χ3n) is 2.96. The molecular weight excluding hydrogens is 243 g/mol. The minimum atomic E-state index is -0.962. The van der Waals surface area contributed by atoms with Crippen molar-refractivity contribution in [3.63, 3.8) is 0 Å². The number of benzene rings is 2. The van der Waals surface area contributed by atoms with Crippen LogP contribution >= 0.6 is 0 Å². The van der Waals surface area contributed by atoms with Gasteiger partial charge in [-0.25, -0.2) is 4.39 Å². The normalized spacial score (nSPS) is 12.2. The third kappa shape index (κ3) is 3.12. The van der Waals surface area contributed by atoms with Gasteiger partial charge in [0.25, 0.3) is 0 Å². The largest absolute Gasteiger partial charge is 0.494 e. The molecule has 0 bridgehead atoms. The molecule has 2 aromatic carbocycles. The van der Waals surface area contributed by atoms with Gasteiger partial charge in [0.05, 0.1) is 6.61 Å². The third-order valence-corrected chi connectivity index (χ3v) is 2.96. The average Bonchev–Trinajstić information content (AvgIpc) is 2.39. The average molecular weight is 260 g/mol. The number of aliphatic hydroxyl groups is 1. The number of aliphatic hydroxyl groups excluding tert-OH is 1. The maximum atomic E-state index is 13.8. The second-order valence-corrected chi connectivity index (χ2v) is 4.43. The van der Waals surface area contributed by atoms with Gasteiger partial charge in [0, 0.05) is 5.56 Å². The predicted octanol–water partition coefficient (Wildman–Crippen LogP) is 3.61. The van der Waals surface area contributed by atoms with Crippen LogP contribution in [-0.4, -0.2) is 11.7 Å². The Hall–Kier alpha value is -1.87. The highest BCUT2D eigenvalue weighted by Crippen LogP contribution is 2.26. The highest BCUT2D eigenvalue weighted by molar-refractivity contribution is 5.35. The monoisotopic (exact) mass is 260 g/mol. The van der Waals surface area contributed by atoms with Crippen molar-refractivity contribution in [1.29, 1.82) is 0 Å². The molecule has 2 rings (SSSR count). The van der Waals surface area contributed by atoms with Gasteiger partial charge in [-0.2, -0.15) is 0 Å². The molecule has 0 spiro atoms. The lowest BCUT2D eigenvalue weighted by atomic mass is 10.00. The van der Waals surface area contributed by atoms with E-state index in [9.17, 15) is 9.50 Å². The van der Waals surface area contributed by atoms with E-state index in [0.29, 0.717) is 12.2 Å². The predicted molar refractivity (Wildman–Crippen MR) is 72.8 cm³/mol. The van der Waals surface area contributed by atoms with E-state index in [-0.39, 0.29) is 11.4 Å². The smallest absolute Gasteiger partial charge is 0.129 e. The van der Waals surface area contributed by atoms with Crippen LogP contribution in [-0.2, 0) is 0 Å². The first-order valence-electron chi connectivity index (χ1n) is 6.28. The second kappa shape index (κ2) is 5.85. The fourth-order valence-electron chi connectivity index (χ4n) is 1.95. The van der Waals surface area contributed by atoms with Crippen LogP contribution in [0.2, 0.25) is 0 Å². The van der Waals surface area contributed by atoms with Crippen LogP contribution in [0, 0.1) is 12.7 Å². The van der Waals surface area contributed by atoms with Crippen LogP contribution in [0.3, 0.4) is 0 Å². The Morgan fingerprint density at radius 1 is 1.16 bits per heavy atom. The van der Waals surface area contributed by atoms with Gasteiger partial charge in [0.1, 0.15) is 17.7 Å². The van der Waals surface area contributed by atoms with Gasteiger partial charge in [-0.1, -0.05) is 24.3 Å². The highest BCUT2D eigenvalue weighted by Gasteiger charge is 2.14. The maximum Gasteiger partial charge on any atom is 0.129 e. The molecule has 0 aliphatic rings. The molecule has 0 heterocycles. The van der Waals surface area contributed by atoms with Gasteiger partial charge in [-0.05, 0) is 43.2 Å². The van der Waals surface area contributed by atoms with Crippen molar-refractivity contribution in [2.45, 2.75) is 20.0 Å². The molecule has 1 atom stereocenters. The zero-order valence-corrected chi connectivity index (χ0v) is 11.1. The molecule has 0 aliphatic carbocycles. The number of aryl methyl sites for hydroxylation is 1. The topological polar surface area (TPSA) is 29.5 Å². The van der Waals surface area contributed by atoms with E-state index in [2.05, 4.69) is 0 Å². The summed E-state index contributed by atoms with van der Waals surface area (Å²) < 4.78 is 19.1. The number of halogens is 1. The van der Waals surface area contributed by atoms with E-state index in [4.69, 9.17) is 4.74 Å². The first-order valence-corrected chi connectivity index (χ1v) is 6.28. The molecule has 3 heteroatoms. The molecule has 0 aromatic heterocycles. The van der Waals surface area contributed by atoms with Crippen molar-refractivity contribution in [3.05, 3.63) is 65.0 Å². The Labute approximate surface area is 112 Å². The lowest BCUT2D eigenvalue weighted by Gasteiger charge is -2.13. The first kappa shape index (κ1) is 13.6.